The van der Waals surface area contributed by atoms with Gasteiger partial charge in [-0.2, -0.15) is 0 Å². The Kier molecular flexibility index (Phi) is 7.52. The molecule has 2 aromatic carbocycles. The molecule has 0 saturated heterocycles. The van der Waals surface area contributed by atoms with E-state index < -0.39 is 0 Å². The first-order valence-corrected chi connectivity index (χ1v) is 11.0. The highest BCUT2D eigenvalue weighted by Crippen LogP contribution is 2.30. The highest BCUT2D eigenvalue weighted by atomic mass is 32.2. The SMILES string of the molecule is COc1ccccc1-c1nnc(SCC(=O)N[C@H](CC(C)C)c2ccccc2)n1C. The fourth-order valence-corrected chi connectivity index (χ4v) is 4.03. The minimum absolute atomic E-state index is 0.00272. The van der Waals surface area contributed by atoms with Crippen LogP contribution in [0.2, 0.25) is 0 Å². The molecule has 1 heterocycles. The second kappa shape index (κ2) is 10.3. The van der Waals surface area contributed by atoms with Crippen molar-refractivity contribution in [3.05, 3.63) is 60.2 Å². The van der Waals surface area contributed by atoms with Crippen molar-refractivity contribution in [2.24, 2.45) is 13.0 Å². The zero-order valence-electron chi connectivity index (χ0n) is 17.8. The minimum Gasteiger partial charge on any atom is -0.496 e. The van der Waals surface area contributed by atoms with E-state index in [4.69, 9.17) is 4.74 Å². The molecule has 0 radical (unpaired) electrons. The summed E-state index contributed by atoms with van der Waals surface area (Å²) in [6.07, 6.45) is 0.891. The monoisotopic (exact) mass is 424 g/mol. The predicted octanol–water partition coefficient (Wildman–Crippen LogP) is 4.49. The van der Waals surface area contributed by atoms with Gasteiger partial charge in [0.25, 0.3) is 0 Å². The molecule has 0 spiro atoms. The summed E-state index contributed by atoms with van der Waals surface area (Å²) in [5.74, 6) is 2.18. The maximum absolute atomic E-state index is 12.7. The van der Waals surface area contributed by atoms with Crippen LogP contribution in [0, 0.1) is 5.92 Å². The number of carbonyl (C=O) groups excluding carboxylic acids is 1. The van der Waals surface area contributed by atoms with Gasteiger partial charge < -0.3 is 14.6 Å². The van der Waals surface area contributed by atoms with Gasteiger partial charge in [0, 0.05) is 7.05 Å². The molecule has 6 nitrogen and oxygen atoms in total. The molecule has 0 aliphatic rings. The Morgan fingerprint density at radius 2 is 1.80 bits per heavy atom. The van der Waals surface area contributed by atoms with Crippen LogP contribution < -0.4 is 10.1 Å². The van der Waals surface area contributed by atoms with Crippen LogP contribution in [0.4, 0.5) is 0 Å². The first-order valence-electron chi connectivity index (χ1n) is 9.99. The molecule has 7 heteroatoms. The molecule has 0 unspecified atom stereocenters. The first kappa shape index (κ1) is 21.9. The minimum atomic E-state index is -0.0173. The molecular weight excluding hydrogens is 396 g/mol. The maximum Gasteiger partial charge on any atom is 0.230 e. The van der Waals surface area contributed by atoms with E-state index in [-0.39, 0.29) is 17.7 Å². The average Bonchev–Trinajstić information content (AvgIpc) is 3.12. The molecule has 0 aliphatic heterocycles. The number of carbonyl (C=O) groups is 1. The zero-order chi connectivity index (χ0) is 21.5. The van der Waals surface area contributed by atoms with Gasteiger partial charge in [-0.05, 0) is 30.0 Å². The van der Waals surface area contributed by atoms with E-state index >= 15 is 0 Å². The Morgan fingerprint density at radius 1 is 1.10 bits per heavy atom. The number of methoxy groups -OCH3 is 1. The number of rotatable bonds is 9. The Hall–Kier alpha value is -2.80. The quantitative estimate of drug-likeness (QED) is 0.513. The fraction of sp³-hybridized carbons (Fsp3) is 0.348. The van der Waals surface area contributed by atoms with Crippen LogP contribution in [-0.2, 0) is 11.8 Å². The smallest absolute Gasteiger partial charge is 0.230 e. The van der Waals surface area contributed by atoms with Gasteiger partial charge in [0.05, 0.1) is 24.5 Å². The number of nitrogens with zero attached hydrogens (tertiary/aromatic N) is 3. The first-order chi connectivity index (χ1) is 14.5. The molecular formula is C23H28N4O2S. The molecule has 3 rings (SSSR count). The van der Waals surface area contributed by atoms with Crippen molar-refractivity contribution in [1.29, 1.82) is 0 Å². The van der Waals surface area contributed by atoms with Gasteiger partial charge in [0.2, 0.25) is 5.91 Å². The summed E-state index contributed by atoms with van der Waals surface area (Å²) in [5.41, 5.74) is 1.99. The van der Waals surface area contributed by atoms with Crippen molar-refractivity contribution in [2.75, 3.05) is 12.9 Å². The van der Waals surface area contributed by atoms with Crippen molar-refractivity contribution in [3.8, 4) is 17.1 Å². The van der Waals surface area contributed by atoms with Crippen LogP contribution in [0.3, 0.4) is 0 Å². The molecule has 1 aromatic heterocycles. The van der Waals surface area contributed by atoms with Crippen molar-refractivity contribution in [2.45, 2.75) is 31.5 Å². The van der Waals surface area contributed by atoms with Gasteiger partial charge in [0.15, 0.2) is 11.0 Å². The lowest BCUT2D eigenvalue weighted by Crippen LogP contribution is -2.31. The lowest BCUT2D eigenvalue weighted by atomic mass is 9.97. The molecule has 1 atom stereocenters. The summed E-state index contributed by atoms with van der Waals surface area (Å²) in [7, 11) is 3.53. The summed E-state index contributed by atoms with van der Waals surface area (Å²) < 4.78 is 7.32. The summed E-state index contributed by atoms with van der Waals surface area (Å²) in [6, 6.07) is 17.8. The van der Waals surface area contributed by atoms with Crippen LogP contribution in [0.25, 0.3) is 11.4 Å². The number of hydrogen-bond acceptors (Lipinski definition) is 5. The highest BCUT2D eigenvalue weighted by Gasteiger charge is 2.18. The van der Waals surface area contributed by atoms with E-state index in [2.05, 4.69) is 41.5 Å². The number of para-hydroxylation sites is 1. The van der Waals surface area contributed by atoms with Crippen molar-refractivity contribution in [3.63, 3.8) is 0 Å². The number of thioether (sulfide) groups is 1. The van der Waals surface area contributed by atoms with Crippen molar-refractivity contribution in [1.82, 2.24) is 20.1 Å². The number of nitrogens with one attached hydrogen (secondary N) is 1. The molecule has 3 aromatic rings. The summed E-state index contributed by atoms with van der Waals surface area (Å²) in [5, 5.41) is 12.4. The van der Waals surface area contributed by atoms with Crippen molar-refractivity contribution >= 4 is 17.7 Å². The van der Waals surface area contributed by atoms with Gasteiger partial charge in [-0.3, -0.25) is 4.79 Å². The Balaban J connectivity index is 1.66. The lowest BCUT2D eigenvalue weighted by molar-refractivity contribution is -0.119. The predicted molar refractivity (Wildman–Crippen MR) is 120 cm³/mol. The number of benzene rings is 2. The number of amides is 1. The second-order valence-corrected chi connectivity index (χ2v) is 8.46. The van der Waals surface area contributed by atoms with Crippen LogP contribution in [0.5, 0.6) is 5.75 Å². The van der Waals surface area contributed by atoms with E-state index in [0.717, 1.165) is 23.3 Å². The standard InChI is InChI=1S/C23H28N4O2S/c1-16(2)14-19(17-10-6-5-7-11-17)24-21(28)15-30-23-26-25-22(27(23)3)18-12-8-9-13-20(18)29-4/h5-13,16,19H,14-15H2,1-4H3,(H,24,28)/t19-/m1/s1. The summed E-state index contributed by atoms with van der Waals surface area (Å²) in [4.78, 5) is 12.7. The van der Waals surface area contributed by atoms with Crippen LogP contribution in [-0.4, -0.2) is 33.5 Å². The van der Waals surface area contributed by atoms with E-state index in [1.54, 1.807) is 7.11 Å². The third kappa shape index (κ3) is 5.42. The number of aromatic nitrogens is 3. The van der Waals surface area contributed by atoms with Crippen LogP contribution in [0.1, 0.15) is 31.9 Å². The highest BCUT2D eigenvalue weighted by molar-refractivity contribution is 7.99. The van der Waals surface area contributed by atoms with Crippen molar-refractivity contribution < 1.29 is 9.53 Å². The molecule has 30 heavy (non-hydrogen) atoms. The fourth-order valence-electron chi connectivity index (χ4n) is 3.31. The lowest BCUT2D eigenvalue weighted by Gasteiger charge is -2.21. The molecule has 0 saturated carbocycles. The third-order valence-electron chi connectivity index (χ3n) is 4.76. The summed E-state index contributed by atoms with van der Waals surface area (Å²) in [6.45, 7) is 4.32. The van der Waals surface area contributed by atoms with Crippen LogP contribution >= 0.6 is 11.8 Å². The van der Waals surface area contributed by atoms with Gasteiger partial charge in [0.1, 0.15) is 5.75 Å². The van der Waals surface area contributed by atoms with Gasteiger partial charge >= 0.3 is 0 Å². The van der Waals surface area contributed by atoms with Gasteiger partial charge in [-0.1, -0.05) is 68.1 Å². The van der Waals surface area contributed by atoms with E-state index in [1.165, 1.54) is 11.8 Å². The molecule has 0 bridgehead atoms. The second-order valence-electron chi connectivity index (χ2n) is 7.51. The molecule has 0 aliphatic carbocycles. The van der Waals surface area contributed by atoms with Crippen LogP contribution in [0.15, 0.2) is 59.8 Å². The number of hydrogen-bond donors (Lipinski definition) is 1. The van der Waals surface area contributed by atoms with E-state index in [0.29, 0.717) is 16.9 Å². The average molecular weight is 425 g/mol. The normalized spacial score (nSPS) is 12.0. The molecule has 0 fully saturated rings. The molecule has 1 N–H and O–H groups in total. The number of ether oxygens (including phenoxy) is 1. The zero-order valence-corrected chi connectivity index (χ0v) is 18.6. The maximum atomic E-state index is 12.7. The van der Waals surface area contributed by atoms with E-state index in [1.807, 2.05) is 54.1 Å². The topological polar surface area (TPSA) is 69.0 Å². The Bertz CT molecular complexity index is 972. The third-order valence-corrected chi connectivity index (χ3v) is 5.78. The summed E-state index contributed by atoms with van der Waals surface area (Å²) >= 11 is 1.38. The van der Waals surface area contributed by atoms with Gasteiger partial charge in [-0.15, -0.1) is 10.2 Å². The molecule has 158 valence electrons. The largest absolute Gasteiger partial charge is 0.496 e. The van der Waals surface area contributed by atoms with Gasteiger partial charge in [-0.25, -0.2) is 0 Å². The Morgan fingerprint density at radius 3 is 2.50 bits per heavy atom. The Labute approximate surface area is 182 Å². The molecule has 1 amide bonds. The van der Waals surface area contributed by atoms with E-state index in [9.17, 15) is 4.79 Å².